The molecule has 0 spiro atoms. The molecule has 1 fully saturated rings. The second kappa shape index (κ2) is 7.97. The Bertz CT molecular complexity index is 243. The average Bonchev–Trinajstić information content (AvgIpc) is 2.29. The van der Waals surface area contributed by atoms with Crippen LogP contribution in [0.4, 0.5) is 0 Å². The molecule has 1 saturated heterocycles. The highest BCUT2D eigenvalue weighted by atomic mass is 32.2. The molecule has 0 aromatic heterocycles. The Labute approximate surface area is 105 Å². The molecular formula is C10H20N2O2S2. The molecule has 1 rings (SSSR count). The molecule has 4 nitrogen and oxygen atoms in total. The van der Waals surface area contributed by atoms with Gasteiger partial charge in [-0.25, -0.2) is 0 Å². The van der Waals surface area contributed by atoms with E-state index in [0.717, 1.165) is 56.6 Å². The van der Waals surface area contributed by atoms with E-state index in [9.17, 15) is 4.21 Å². The zero-order valence-electron chi connectivity index (χ0n) is 9.74. The predicted molar refractivity (Wildman–Crippen MR) is 71.2 cm³/mol. The van der Waals surface area contributed by atoms with Crippen LogP contribution in [0.25, 0.3) is 0 Å². The quantitative estimate of drug-likeness (QED) is 0.573. The van der Waals surface area contributed by atoms with Crippen molar-refractivity contribution in [2.24, 2.45) is 0 Å². The molecule has 0 bridgehead atoms. The Kier molecular flexibility index (Phi) is 6.91. The number of thiocarbonyl (C=S) groups is 1. The molecule has 6 heteroatoms. The van der Waals surface area contributed by atoms with E-state index in [4.69, 9.17) is 17.0 Å². The first-order valence-electron chi connectivity index (χ1n) is 5.60. The van der Waals surface area contributed by atoms with Gasteiger partial charge in [0.25, 0.3) is 0 Å². The first-order chi connectivity index (χ1) is 7.70. The van der Waals surface area contributed by atoms with Gasteiger partial charge in [0.1, 0.15) is 0 Å². The zero-order valence-corrected chi connectivity index (χ0v) is 11.4. The van der Waals surface area contributed by atoms with Crippen LogP contribution in [0.1, 0.15) is 12.8 Å². The Morgan fingerprint density at radius 2 is 2.12 bits per heavy atom. The maximum Gasteiger partial charge on any atom is 0.169 e. The normalized spacial score (nSPS) is 18.2. The van der Waals surface area contributed by atoms with Crippen molar-refractivity contribution in [2.75, 3.05) is 44.9 Å². The van der Waals surface area contributed by atoms with Crippen LogP contribution in [0, 0.1) is 0 Å². The van der Waals surface area contributed by atoms with Crippen molar-refractivity contribution in [2.45, 2.75) is 12.8 Å². The number of rotatable bonds is 5. The Balaban J connectivity index is 2.03. The zero-order chi connectivity index (χ0) is 11.8. The third kappa shape index (κ3) is 5.77. The summed E-state index contributed by atoms with van der Waals surface area (Å²) in [4.78, 5) is 2.14. The number of hydrogen-bond acceptors (Lipinski definition) is 3. The first-order valence-corrected chi connectivity index (χ1v) is 7.74. The largest absolute Gasteiger partial charge is 0.378 e. The van der Waals surface area contributed by atoms with Gasteiger partial charge in [0.05, 0.1) is 13.2 Å². The fraction of sp³-hybridized carbons (Fsp3) is 0.900. The van der Waals surface area contributed by atoms with Crippen LogP contribution in [-0.4, -0.2) is 59.1 Å². The maximum absolute atomic E-state index is 10.8. The number of nitrogens with zero attached hydrogens (tertiary/aromatic N) is 1. The van der Waals surface area contributed by atoms with E-state index < -0.39 is 10.8 Å². The second-order valence-electron chi connectivity index (χ2n) is 3.82. The van der Waals surface area contributed by atoms with Gasteiger partial charge >= 0.3 is 0 Å². The minimum absolute atomic E-state index is 0.672. The molecule has 1 atom stereocenters. The highest BCUT2D eigenvalue weighted by molar-refractivity contribution is 7.84. The lowest BCUT2D eigenvalue weighted by atomic mass is 10.3. The summed E-state index contributed by atoms with van der Waals surface area (Å²) in [6.07, 6.45) is 3.75. The lowest BCUT2D eigenvalue weighted by molar-refractivity contribution is 0.0677. The number of nitrogens with one attached hydrogen (secondary N) is 1. The standard InChI is InChI=1S/C10H20N2O2S2/c1-16(13)9-3-2-4-11-10(15)12-5-7-14-8-6-12/h2-9H2,1H3,(H,11,15)/t16-/m0/s1. The number of ether oxygens (including phenoxy) is 1. The fourth-order valence-electron chi connectivity index (χ4n) is 1.50. The summed E-state index contributed by atoms with van der Waals surface area (Å²) in [5.74, 6) is 0.784. The predicted octanol–water partition coefficient (Wildman–Crippen LogP) is 0.352. The molecule has 0 radical (unpaired) electrons. The van der Waals surface area contributed by atoms with Crippen LogP contribution < -0.4 is 5.32 Å². The molecule has 1 heterocycles. The highest BCUT2D eigenvalue weighted by Gasteiger charge is 2.12. The number of morpholine rings is 1. The summed E-state index contributed by atoms with van der Waals surface area (Å²) in [5.41, 5.74) is 0. The molecule has 94 valence electrons. The molecule has 0 aromatic carbocycles. The smallest absolute Gasteiger partial charge is 0.169 e. The van der Waals surface area contributed by atoms with E-state index in [0.29, 0.717) is 0 Å². The second-order valence-corrected chi connectivity index (χ2v) is 5.76. The average molecular weight is 264 g/mol. The van der Waals surface area contributed by atoms with Gasteiger partial charge in [-0.15, -0.1) is 0 Å². The molecule has 0 aliphatic carbocycles. The Morgan fingerprint density at radius 3 is 2.75 bits per heavy atom. The van der Waals surface area contributed by atoms with Crippen molar-refractivity contribution in [3.8, 4) is 0 Å². The molecule has 0 saturated carbocycles. The molecular weight excluding hydrogens is 244 g/mol. The molecule has 1 N–H and O–H groups in total. The minimum atomic E-state index is -0.672. The van der Waals surface area contributed by atoms with Crippen molar-refractivity contribution in [1.82, 2.24) is 10.2 Å². The summed E-state index contributed by atoms with van der Waals surface area (Å²) in [7, 11) is -0.672. The Hall–Kier alpha value is -0.200. The van der Waals surface area contributed by atoms with Crippen molar-refractivity contribution in [3.63, 3.8) is 0 Å². The molecule has 1 aliphatic heterocycles. The lowest BCUT2D eigenvalue weighted by Gasteiger charge is -2.29. The van der Waals surface area contributed by atoms with Crippen LogP contribution in [0.15, 0.2) is 0 Å². The summed E-state index contributed by atoms with van der Waals surface area (Å²) < 4.78 is 16.1. The van der Waals surface area contributed by atoms with Crippen LogP contribution >= 0.6 is 12.2 Å². The van der Waals surface area contributed by atoms with E-state index in [-0.39, 0.29) is 0 Å². The van der Waals surface area contributed by atoms with Gasteiger partial charge in [-0.1, -0.05) is 0 Å². The van der Waals surface area contributed by atoms with E-state index >= 15 is 0 Å². The van der Waals surface area contributed by atoms with Crippen LogP contribution in [0.2, 0.25) is 0 Å². The van der Waals surface area contributed by atoms with E-state index in [1.807, 2.05) is 0 Å². The monoisotopic (exact) mass is 264 g/mol. The fourth-order valence-corrected chi connectivity index (χ4v) is 2.40. The van der Waals surface area contributed by atoms with Gasteiger partial charge in [-0.05, 0) is 25.1 Å². The molecule has 1 aliphatic rings. The Morgan fingerprint density at radius 1 is 1.44 bits per heavy atom. The van der Waals surface area contributed by atoms with Crippen LogP contribution in [-0.2, 0) is 15.5 Å². The summed E-state index contributed by atoms with van der Waals surface area (Å²) in [6.45, 7) is 4.15. The molecule has 0 amide bonds. The van der Waals surface area contributed by atoms with Crippen molar-refractivity contribution >= 4 is 28.1 Å². The van der Waals surface area contributed by atoms with E-state index in [1.54, 1.807) is 6.26 Å². The SMILES string of the molecule is C[S@](=O)CCCCNC(=S)N1CCOCC1. The lowest BCUT2D eigenvalue weighted by Crippen LogP contribution is -2.46. The summed E-state index contributed by atoms with van der Waals surface area (Å²) in [6, 6.07) is 0. The van der Waals surface area contributed by atoms with Crippen molar-refractivity contribution in [1.29, 1.82) is 0 Å². The molecule has 0 aromatic rings. The number of unbranched alkanes of at least 4 members (excludes halogenated alkanes) is 1. The topological polar surface area (TPSA) is 41.6 Å². The van der Waals surface area contributed by atoms with Gasteiger partial charge in [0.2, 0.25) is 0 Å². The van der Waals surface area contributed by atoms with Gasteiger partial charge in [-0.2, -0.15) is 0 Å². The summed E-state index contributed by atoms with van der Waals surface area (Å²) in [5, 5.41) is 4.05. The van der Waals surface area contributed by atoms with Gasteiger partial charge in [0.15, 0.2) is 5.11 Å². The maximum atomic E-state index is 10.8. The van der Waals surface area contributed by atoms with E-state index in [2.05, 4.69) is 10.2 Å². The third-order valence-electron chi connectivity index (χ3n) is 2.43. The molecule has 0 unspecified atom stereocenters. The van der Waals surface area contributed by atoms with E-state index in [1.165, 1.54) is 0 Å². The van der Waals surface area contributed by atoms with Gasteiger partial charge < -0.3 is 15.0 Å². The first kappa shape index (κ1) is 13.9. The minimum Gasteiger partial charge on any atom is -0.378 e. The van der Waals surface area contributed by atoms with Crippen LogP contribution in [0.5, 0.6) is 0 Å². The van der Waals surface area contributed by atoms with Crippen molar-refractivity contribution < 1.29 is 8.95 Å². The van der Waals surface area contributed by atoms with Crippen molar-refractivity contribution in [3.05, 3.63) is 0 Å². The van der Waals surface area contributed by atoms with Crippen LogP contribution in [0.3, 0.4) is 0 Å². The summed E-state index contributed by atoms with van der Waals surface area (Å²) >= 11 is 5.27. The molecule has 16 heavy (non-hydrogen) atoms. The third-order valence-corrected chi connectivity index (χ3v) is 3.70. The highest BCUT2D eigenvalue weighted by Crippen LogP contribution is 1.98. The number of hydrogen-bond donors (Lipinski definition) is 1. The van der Waals surface area contributed by atoms with Gasteiger partial charge in [-0.3, -0.25) is 4.21 Å². The van der Waals surface area contributed by atoms with Gasteiger partial charge in [0, 0.05) is 42.4 Å².